The SMILES string of the molecule is COc1ccc(S(=O)(=O)N(C)CCCC(=O)N2CCCc3cc(C)ccc32)cc1. The van der Waals surface area contributed by atoms with Crippen LogP contribution in [-0.4, -0.2) is 45.9 Å². The van der Waals surface area contributed by atoms with Gasteiger partial charge in [0, 0.05) is 32.2 Å². The van der Waals surface area contributed by atoms with Crippen LogP contribution in [0, 0.1) is 6.92 Å². The summed E-state index contributed by atoms with van der Waals surface area (Å²) in [6, 6.07) is 12.5. The van der Waals surface area contributed by atoms with Gasteiger partial charge in [0.1, 0.15) is 5.75 Å². The monoisotopic (exact) mass is 416 g/mol. The van der Waals surface area contributed by atoms with E-state index in [0.29, 0.717) is 18.6 Å². The second kappa shape index (κ2) is 8.97. The van der Waals surface area contributed by atoms with Gasteiger partial charge in [-0.3, -0.25) is 4.79 Å². The molecule has 1 amide bonds. The average Bonchev–Trinajstić information content (AvgIpc) is 2.72. The summed E-state index contributed by atoms with van der Waals surface area (Å²) in [5.41, 5.74) is 3.40. The molecule has 0 bridgehead atoms. The Morgan fingerprint density at radius 3 is 2.59 bits per heavy atom. The number of hydrogen-bond acceptors (Lipinski definition) is 4. The summed E-state index contributed by atoms with van der Waals surface area (Å²) in [6.07, 6.45) is 2.73. The van der Waals surface area contributed by atoms with E-state index in [1.165, 1.54) is 34.7 Å². The van der Waals surface area contributed by atoms with Crippen molar-refractivity contribution in [3.8, 4) is 5.75 Å². The molecular formula is C22H28N2O4S. The van der Waals surface area contributed by atoms with E-state index in [2.05, 4.69) is 13.0 Å². The highest BCUT2D eigenvalue weighted by atomic mass is 32.2. The largest absolute Gasteiger partial charge is 0.497 e. The number of carbonyl (C=O) groups is 1. The Balaban J connectivity index is 1.59. The van der Waals surface area contributed by atoms with Crippen molar-refractivity contribution in [2.24, 2.45) is 0 Å². The fourth-order valence-electron chi connectivity index (χ4n) is 3.62. The van der Waals surface area contributed by atoms with Crippen molar-refractivity contribution in [3.63, 3.8) is 0 Å². The van der Waals surface area contributed by atoms with Crippen LogP contribution in [-0.2, 0) is 21.2 Å². The molecule has 0 saturated heterocycles. The molecule has 0 aromatic heterocycles. The van der Waals surface area contributed by atoms with Crippen LogP contribution >= 0.6 is 0 Å². The lowest BCUT2D eigenvalue weighted by molar-refractivity contribution is -0.118. The van der Waals surface area contributed by atoms with Crippen molar-refractivity contribution in [3.05, 3.63) is 53.6 Å². The maximum atomic E-state index is 12.8. The molecule has 0 fully saturated rings. The molecule has 1 aliphatic rings. The number of fused-ring (bicyclic) bond motifs is 1. The molecule has 0 unspecified atom stereocenters. The first-order valence-electron chi connectivity index (χ1n) is 9.83. The first-order chi connectivity index (χ1) is 13.8. The molecule has 0 radical (unpaired) electrons. The number of rotatable bonds is 7. The topological polar surface area (TPSA) is 66.9 Å². The van der Waals surface area contributed by atoms with Crippen LogP contribution in [0.15, 0.2) is 47.4 Å². The summed E-state index contributed by atoms with van der Waals surface area (Å²) in [7, 11) is -0.506. The molecule has 1 aliphatic heterocycles. The fraction of sp³-hybridized carbons (Fsp3) is 0.409. The maximum Gasteiger partial charge on any atom is 0.242 e. The quantitative estimate of drug-likeness (QED) is 0.694. The van der Waals surface area contributed by atoms with Crippen molar-refractivity contribution in [1.82, 2.24) is 4.31 Å². The molecule has 3 rings (SSSR count). The smallest absolute Gasteiger partial charge is 0.242 e. The Kier molecular flexibility index (Phi) is 6.59. The van der Waals surface area contributed by atoms with Crippen LogP contribution in [0.25, 0.3) is 0 Å². The van der Waals surface area contributed by atoms with Gasteiger partial charge in [0.15, 0.2) is 0 Å². The van der Waals surface area contributed by atoms with Crippen LogP contribution in [0.4, 0.5) is 5.69 Å². The van der Waals surface area contributed by atoms with Gasteiger partial charge < -0.3 is 9.64 Å². The Morgan fingerprint density at radius 2 is 1.90 bits per heavy atom. The minimum Gasteiger partial charge on any atom is -0.497 e. The van der Waals surface area contributed by atoms with Crippen LogP contribution in [0.5, 0.6) is 5.75 Å². The lowest BCUT2D eigenvalue weighted by Gasteiger charge is -2.30. The molecule has 29 heavy (non-hydrogen) atoms. The standard InChI is InChI=1S/C22H28N2O4S/c1-17-8-13-21-18(16-17)6-4-15-24(21)22(25)7-5-14-23(2)29(26,27)20-11-9-19(28-3)10-12-20/h8-13,16H,4-7,14-15H2,1-3H3. The third kappa shape index (κ3) is 4.79. The van der Waals surface area contributed by atoms with E-state index in [1.807, 2.05) is 17.0 Å². The zero-order valence-corrected chi connectivity index (χ0v) is 18.0. The third-order valence-electron chi connectivity index (χ3n) is 5.29. The van der Waals surface area contributed by atoms with E-state index < -0.39 is 10.0 Å². The van der Waals surface area contributed by atoms with Gasteiger partial charge in [-0.05, 0) is 62.1 Å². The van der Waals surface area contributed by atoms with E-state index in [9.17, 15) is 13.2 Å². The number of hydrogen-bond donors (Lipinski definition) is 0. The zero-order chi connectivity index (χ0) is 21.0. The lowest BCUT2D eigenvalue weighted by Crippen LogP contribution is -2.36. The molecular weight excluding hydrogens is 388 g/mol. The molecule has 156 valence electrons. The first-order valence-corrected chi connectivity index (χ1v) is 11.3. The number of nitrogens with zero attached hydrogens (tertiary/aromatic N) is 2. The third-order valence-corrected chi connectivity index (χ3v) is 7.16. The van der Waals surface area contributed by atoms with Gasteiger partial charge in [0.2, 0.25) is 15.9 Å². The Morgan fingerprint density at radius 1 is 1.17 bits per heavy atom. The molecule has 6 nitrogen and oxygen atoms in total. The van der Waals surface area contributed by atoms with Crippen LogP contribution in [0.1, 0.15) is 30.4 Å². The molecule has 2 aromatic carbocycles. The van der Waals surface area contributed by atoms with E-state index >= 15 is 0 Å². The average molecular weight is 417 g/mol. The highest BCUT2D eigenvalue weighted by Crippen LogP contribution is 2.28. The number of aryl methyl sites for hydroxylation is 2. The number of methoxy groups -OCH3 is 1. The molecule has 1 heterocycles. The summed E-state index contributed by atoms with van der Waals surface area (Å²) in [4.78, 5) is 14.8. The molecule has 0 saturated carbocycles. The summed E-state index contributed by atoms with van der Waals surface area (Å²) in [5.74, 6) is 0.652. The fourth-order valence-corrected chi connectivity index (χ4v) is 4.83. The van der Waals surface area contributed by atoms with Gasteiger partial charge in [-0.25, -0.2) is 12.7 Å². The number of anilines is 1. The predicted molar refractivity (Wildman–Crippen MR) is 114 cm³/mol. The number of ether oxygens (including phenoxy) is 1. The van der Waals surface area contributed by atoms with Crippen molar-refractivity contribution in [2.45, 2.75) is 37.5 Å². The Bertz CT molecular complexity index is 971. The van der Waals surface area contributed by atoms with E-state index in [0.717, 1.165) is 25.1 Å². The van der Waals surface area contributed by atoms with E-state index in [4.69, 9.17) is 4.74 Å². The van der Waals surface area contributed by atoms with Gasteiger partial charge >= 0.3 is 0 Å². The lowest BCUT2D eigenvalue weighted by atomic mass is 9.99. The van der Waals surface area contributed by atoms with Crippen LogP contribution < -0.4 is 9.64 Å². The number of benzene rings is 2. The molecule has 0 N–H and O–H groups in total. The Hall–Kier alpha value is -2.38. The normalized spacial score (nSPS) is 14.0. The molecule has 0 atom stereocenters. The van der Waals surface area contributed by atoms with E-state index in [1.54, 1.807) is 19.2 Å². The summed E-state index contributed by atoms with van der Waals surface area (Å²) < 4.78 is 31.8. The van der Waals surface area contributed by atoms with Gasteiger partial charge in [-0.2, -0.15) is 0 Å². The maximum absolute atomic E-state index is 12.8. The minimum absolute atomic E-state index is 0.0463. The van der Waals surface area contributed by atoms with Crippen molar-refractivity contribution >= 4 is 21.6 Å². The number of carbonyl (C=O) groups excluding carboxylic acids is 1. The molecule has 2 aromatic rings. The number of amides is 1. The van der Waals surface area contributed by atoms with Gasteiger partial charge in [0.25, 0.3) is 0 Å². The first kappa shape index (κ1) is 21.3. The second-order valence-electron chi connectivity index (χ2n) is 7.39. The Labute approximate surface area is 173 Å². The zero-order valence-electron chi connectivity index (χ0n) is 17.2. The second-order valence-corrected chi connectivity index (χ2v) is 9.43. The molecule has 0 spiro atoms. The van der Waals surface area contributed by atoms with Crippen LogP contribution in [0.2, 0.25) is 0 Å². The minimum atomic E-state index is -3.59. The van der Waals surface area contributed by atoms with E-state index in [-0.39, 0.29) is 17.3 Å². The predicted octanol–water partition coefficient (Wildman–Crippen LogP) is 3.38. The summed E-state index contributed by atoms with van der Waals surface area (Å²) in [6.45, 7) is 3.06. The van der Waals surface area contributed by atoms with Crippen LogP contribution in [0.3, 0.4) is 0 Å². The highest BCUT2D eigenvalue weighted by molar-refractivity contribution is 7.89. The summed E-state index contributed by atoms with van der Waals surface area (Å²) in [5, 5.41) is 0. The van der Waals surface area contributed by atoms with Crippen molar-refractivity contribution in [1.29, 1.82) is 0 Å². The van der Waals surface area contributed by atoms with Crippen molar-refractivity contribution < 1.29 is 17.9 Å². The molecule has 0 aliphatic carbocycles. The van der Waals surface area contributed by atoms with Gasteiger partial charge in [-0.15, -0.1) is 0 Å². The van der Waals surface area contributed by atoms with Crippen molar-refractivity contribution in [2.75, 3.05) is 32.1 Å². The highest BCUT2D eigenvalue weighted by Gasteiger charge is 2.24. The number of sulfonamides is 1. The summed E-state index contributed by atoms with van der Waals surface area (Å²) >= 11 is 0. The van der Waals surface area contributed by atoms with Gasteiger partial charge in [0.05, 0.1) is 12.0 Å². The molecule has 7 heteroatoms. The van der Waals surface area contributed by atoms with Gasteiger partial charge in [-0.1, -0.05) is 17.7 Å².